The van der Waals surface area contributed by atoms with Crippen molar-refractivity contribution >= 4 is 5.57 Å². The first-order valence-electron chi connectivity index (χ1n) is 2.44. The van der Waals surface area contributed by atoms with Crippen LogP contribution in [0.1, 0.15) is 0 Å². The van der Waals surface area contributed by atoms with Crippen LogP contribution in [0, 0.1) is 0 Å². The van der Waals surface area contributed by atoms with E-state index in [9.17, 15) is 13.2 Å². The van der Waals surface area contributed by atoms with Gasteiger partial charge < -0.3 is 0 Å². The molecule has 0 bridgehead atoms. The third kappa shape index (κ3) is 12.4. The monoisotopic (exact) mass is 292 g/mol. The molecule has 0 radical (unpaired) electrons. The van der Waals surface area contributed by atoms with Crippen LogP contribution < -0.4 is 50.0 Å². The van der Waals surface area contributed by atoms with E-state index >= 15 is 0 Å². The molecule has 0 aliphatic rings. The summed E-state index contributed by atoms with van der Waals surface area (Å²) in [6, 6.07) is 0. The molecular formula is C4H9F3INaSi. The molecule has 0 aliphatic carbocycles. The molecule has 0 fully saturated rings. The molecule has 0 aromatic carbocycles. The van der Waals surface area contributed by atoms with Crippen LogP contribution in [0.3, 0.4) is 0 Å². The Bertz CT molecular complexity index is 85.7. The molecule has 6 heteroatoms. The summed E-state index contributed by atoms with van der Waals surface area (Å²) in [5.74, 6) is 0. The van der Waals surface area contributed by atoms with Gasteiger partial charge in [0.15, 0.2) is 0 Å². The smallest absolute Gasteiger partial charge is 1.00 e. The van der Waals surface area contributed by atoms with E-state index < -0.39 is 30.2 Å². The second kappa shape index (κ2) is 4.69. The number of halogens is 4. The Kier molecular flexibility index (Phi) is 6.69. The summed E-state index contributed by atoms with van der Waals surface area (Å²) in [7, 11) is 0. The van der Waals surface area contributed by atoms with Gasteiger partial charge in [0.1, 0.15) is 0 Å². The topological polar surface area (TPSA) is 0 Å². The van der Waals surface area contributed by atoms with Crippen molar-refractivity contribution in [1.29, 1.82) is 0 Å². The molecule has 0 spiro atoms. The van der Waals surface area contributed by atoms with Crippen LogP contribution >= 0.6 is 0 Å². The van der Waals surface area contributed by atoms with Gasteiger partial charge in [-0.15, -0.1) is 0 Å². The Balaban J connectivity index is 0. The van der Waals surface area contributed by atoms with Gasteiger partial charge in [0.2, 0.25) is 0 Å². The van der Waals surface area contributed by atoms with Crippen molar-refractivity contribution in [2.75, 3.05) is 0 Å². The SMILES string of the molecule is C[Si](C)(C)[I-]C(F)(F)F.[Na+]. The molecular weight excluding hydrogens is 283 g/mol. The molecule has 10 heavy (non-hydrogen) atoms. The average Bonchev–Trinajstić information content (AvgIpc) is 1.14. The van der Waals surface area contributed by atoms with Crippen molar-refractivity contribution < 1.29 is 63.1 Å². The van der Waals surface area contributed by atoms with E-state index in [2.05, 4.69) is 0 Å². The second-order valence-electron chi connectivity index (χ2n) is 2.59. The largest absolute Gasteiger partial charge is 1.00 e. The van der Waals surface area contributed by atoms with Gasteiger partial charge in [0.05, 0.1) is 0 Å². The molecule has 0 amide bonds. The van der Waals surface area contributed by atoms with Crippen LogP contribution in [0.5, 0.6) is 0 Å². The fourth-order valence-electron chi connectivity index (χ4n) is 0.321. The number of hydrogen-bond donors (Lipinski definition) is 0. The summed E-state index contributed by atoms with van der Waals surface area (Å²) in [5, 5.41) is 0. The molecule has 0 saturated heterocycles. The molecule has 0 N–H and O–H groups in total. The quantitative estimate of drug-likeness (QED) is 0.203. The van der Waals surface area contributed by atoms with Gasteiger partial charge >= 0.3 is 92.5 Å². The first kappa shape index (κ1) is 14.3. The Morgan fingerprint density at radius 2 is 1.40 bits per heavy atom. The Labute approximate surface area is 91.6 Å². The van der Waals surface area contributed by atoms with E-state index in [1.165, 1.54) is 0 Å². The fourth-order valence-corrected chi connectivity index (χ4v) is 6.47. The third-order valence-electron chi connectivity index (χ3n) is 0.391. The van der Waals surface area contributed by atoms with E-state index in [-0.39, 0.29) is 29.6 Å². The molecule has 0 aliphatic heterocycles. The van der Waals surface area contributed by atoms with Gasteiger partial charge in [-0.3, -0.25) is 0 Å². The summed E-state index contributed by atoms with van der Waals surface area (Å²) in [4.78, 5) is 0. The van der Waals surface area contributed by atoms with Crippen LogP contribution in [0.2, 0.25) is 19.6 Å². The minimum Gasteiger partial charge on any atom is 1.00 e. The Morgan fingerprint density at radius 1 is 1.10 bits per heavy atom. The number of rotatable bonds is 1. The zero-order valence-electron chi connectivity index (χ0n) is 6.51. The molecule has 0 rings (SSSR count). The predicted molar refractivity (Wildman–Crippen MR) is 29.4 cm³/mol. The van der Waals surface area contributed by atoms with Crippen LogP contribution in [0.4, 0.5) is 13.2 Å². The average molecular weight is 292 g/mol. The number of alkyl halides is 4. The molecule has 0 heterocycles. The Hall–Kier alpha value is 1.74. The standard InChI is InChI=1S/C4H9F3ISi.Na/c1-9(2,3)8-4(5,6)7;/h1-3H3;/q-1;+1. The van der Waals surface area contributed by atoms with Crippen molar-refractivity contribution in [3.05, 3.63) is 0 Å². The third-order valence-corrected chi connectivity index (χ3v) is 7.86. The van der Waals surface area contributed by atoms with Crippen LogP contribution in [0.15, 0.2) is 0 Å². The molecule has 0 saturated carbocycles. The molecule has 0 aromatic rings. The van der Waals surface area contributed by atoms with Gasteiger partial charge in [-0.1, -0.05) is 0 Å². The summed E-state index contributed by atoms with van der Waals surface area (Å²) in [5.41, 5.74) is -1.81. The van der Waals surface area contributed by atoms with Crippen LogP contribution in [-0.2, 0) is 0 Å². The van der Waals surface area contributed by atoms with E-state index in [1.54, 1.807) is 19.6 Å². The molecule has 58 valence electrons. The predicted octanol–water partition coefficient (Wildman–Crippen LogP) is -3.57. The van der Waals surface area contributed by atoms with E-state index in [0.29, 0.717) is 0 Å². The summed E-state index contributed by atoms with van der Waals surface area (Å²) in [6.45, 7) is 5.27. The molecule has 0 unspecified atom stereocenters. The fraction of sp³-hybridized carbons (Fsp3) is 1.00. The second-order valence-corrected chi connectivity index (χ2v) is 19.5. The van der Waals surface area contributed by atoms with Crippen molar-refractivity contribution in [2.24, 2.45) is 0 Å². The minimum absolute atomic E-state index is 0. The maximum Gasteiger partial charge on any atom is 1.00 e. The van der Waals surface area contributed by atoms with Gasteiger partial charge in [-0.25, -0.2) is 0 Å². The molecule has 0 nitrogen and oxygen atoms in total. The summed E-state index contributed by atoms with van der Waals surface area (Å²) >= 11 is -1.52. The van der Waals surface area contributed by atoms with Gasteiger partial charge in [0.25, 0.3) is 0 Å². The molecule has 0 aromatic heterocycles. The van der Waals surface area contributed by atoms with Crippen molar-refractivity contribution in [3.8, 4) is 0 Å². The van der Waals surface area contributed by atoms with E-state index in [0.717, 1.165) is 0 Å². The maximum atomic E-state index is 11.6. The maximum absolute atomic E-state index is 11.6. The summed E-state index contributed by atoms with van der Waals surface area (Å²) < 4.78 is 31.1. The van der Waals surface area contributed by atoms with Crippen LogP contribution in [0.25, 0.3) is 0 Å². The van der Waals surface area contributed by atoms with Crippen LogP contribution in [-0.4, -0.2) is 9.75 Å². The Morgan fingerprint density at radius 3 is 1.40 bits per heavy atom. The van der Waals surface area contributed by atoms with Crippen molar-refractivity contribution in [2.45, 2.75) is 23.8 Å². The van der Waals surface area contributed by atoms with Gasteiger partial charge in [-0.05, 0) is 0 Å². The molecule has 0 atom stereocenters. The van der Waals surface area contributed by atoms with E-state index in [4.69, 9.17) is 0 Å². The first-order chi connectivity index (χ1) is 3.71. The van der Waals surface area contributed by atoms with E-state index in [1.807, 2.05) is 0 Å². The van der Waals surface area contributed by atoms with Crippen molar-refractivity contribution in [3.63, 3.8) is 0 Å². The first-order valence-corrected chi connectivity index (χ1v) is 10.1. The van der Waals surface area contributed by atoms with Gasteiger partial charge in [0, 0.05) is 0 Å². The minimum atomic E-state index is -3.84. The normalized spacial score (nSPS) is 13.0. The number of hydrogen-bond acceptors (Lipinski definition) is 0. The van der Waals surface area contributed by atoms with Gasteiger partial charge in [-0.2, -0.15) is 0 Å². The zero-order valence-corrected chi connectivity index (χ0v) is 11.7. The van der Waals surface area contributed by atoms with Crippen molar-refractivity contribution in [1.82, 2.24) is 0 Å². The summed E-state index contributed by atoms with van der Waals surface area (Å²) in [6.07, 6.45) is 0. The zero-order chi connectivity index (χ0) is 7.71.